The van der Waals surface area contributed by atoms with Crippen LogP contribution in [0.25, 0.3) is 5.82 Å². The molecule has 3 rings (SSSR count). The third-order valence-corrected chi connectivity index (χ3v) is 4.03. The number of aromatic nitrogens is 4. The van der Waals surface area contributed by atoms with Gasteiger partial charge in [-0.1, -0.05) is 5.16 Å². The van der Waals surface area contributed by atoms with Gasteiger partial charge in [0, 0.05) is 49.9 Å². The first kappa shape index (κ1) is 16.0. The first-order valence-electron chi connectivity index (χ1n) is 7.72. The van der Waals surface area contributed by atoms with Crippen LogP contribution in [-0.2, 0) is 13.6 Å². The van der Waals surface area contributed by atoms with Crippen molar-refractivity contribution in [3.63, 3.8) is 0 Å². The summed E-state index contributed by atoms with van der Waals surface area (Å²) in [7, 11) is 3.65. The molecule has 0 fully saturated rings. The summed E-state index contributed by atoms with van der Waals surface area (Å²) < 4.78 is 8.81. The smallest absolute Gasteiger partial charge is 0.255 e. The SMILES string of the molecule is Cc1cc(-n2c(C)cc(C(=O)N(C)Cc3cnn(C)c3)c2C)no1. The zero-order valence-electron chi connectivity index (χ0n) is 14.6. The van der Waals surface area contributed by atoms with E-state index in [1.54, 1.807) is 22.8 Å². The van der Waals surface area contributed by atoms with E-state index in [0.29, 0.717) is 17.9 Å². The van der Waals surface area contributed by atoms with Crippen LogP contribution in [0, 0.1) is 20.8 Å². The van der Waals surface area contributed by atoms with Gasteiger partial charge in [-0.05, 0) is 26.8 Å². The van der Waals surface area contributed by atoms with E-state index in [2.05, 4.69) is 10.3 Å². The summed E-state index contributed by atoms with van der Waals surface area (Å²) in [6.07, 6.45) is 3.68. The van der Waals surface area contributed by atoms with E-state index in [0.717, 1.165) is 22.7 Å². The summed E-state index contributed by atoms with van der Waals surface area (Å²) in [6.45, 7) is 6.23. The Morgan fingerprint density at radius 1 is 1.29 bits per heavy atom. The van der Waals surface area contributed by atoms with Crippen molar-refractivity contribution in [3.05, 3.63) is 52.8 Å². The fourth-order valence-corrected chi connectivity index (χ4v) is 2.90. The normalized spacial score (nSPS) is 11.0. The van der Waals surface area contributed by atoms with Gasteiger partial charge in [-0.3, -0.25) is 14.0 Å². The van der Waals surface area contributed by atoms with E-state index in [1.807, 2.05) is 50.7 Å². The number of carbonyl (C=O) groups excluding carboxylic acids is 1. The number of rotatable bonds is 4. The summed E-state index contributed by atoms with van der Waals surface area (Å²) in [5, 5.41) is 8.18. The van der Waals surface area contributed by atoms with E-state index >= 15 is 0 Å². The van der Waals surface area contributed by atoms with Crippen molar-refractivity contribution in [2.24, 2.45) is 7.05 Å². The van der Waals surface area contributed by atoms with Gasteiger partial charge in [-0.2, -0.15) is 5.10 Å². The van der Waals surface area contributed by atoms with Crippen molar-refractivity contribution in [1.29, 1.82) is 0 Å². The molecule has 3 heterocycles. The molecule has 0 atom stereocenters. The second kappa shape index (κ2) is 5.99. The maximum Gasteiger partial charge on any atom is 0.255 e. The summed E-state index contributed by atoms with van der Waals surface area (Å²) in [5.74, 6) is 1.40. The Morgan fingerprint density at radius 2 is 2.04 bits per heavy atom. The Morgan fingerprint density at radius 3 is 2.62 bits per heavy atom. The summed E-state index contributed by atoms with van der Waals surface area (Å²) in [6, 6.07) is 3.75. The maximum atomic E-state index is 12.8. The molecule has 1 amide bonds. The maximum absolute atomic E-state index is 12.8. The van der Waals surface area contributed by atoms with Crippen LogP contribution in [0.15, 0.2) is 29.0 Å². The summed E-state index contributed by atoms with van der Waals surface area (Å²) >= 11 is 0. The number of hydrogen-bond acceptors (Lipinski definition) is 4. The van der Waals surface area contributed by atoms with Crippen LogP contribution in [0.1, 0.15) is 33.1 Å². The topological polar surface area (TPSA) is 69.1 Å². The van der Waals surface area contributed by atoms with E-state index in [1.165, 1.54) is 0 Å². The van der Waals surface area contributed by atoms with Gasteiger partial charge in [-0.15, -0.1) is 0 Å². The van der Waals surface area contributed by atoms with Crippen LogP contribution >= 0.6 is 0 Å². The molecule has 0 spiro atoms. The Hall–Kier alpha value is -2.83. The summed E-state index contributed by atoms with van der Waals surface area (Å²) in [5.41, 5.74) is 3.46. The first-order valence-corrected chi connectivity index (χ1v) is 7.72. The molecule has 7 heteroatoms. The standard InChI is InChI=1S/C17H21N5O2/c1-11-6-15(13(3)22(11)16-7-12(2)24-19-16)17(23)20(4)9-14-8-18-21(5)10-14/h6-8,10H,9H2,1-5H3. The number of nitrogens with zero attached hydrogens (tertiary/aromatic N) is 5. The minimum atomic E-state index is -0.0292. The molecule has 126 valence electrons. The second-order valence-electron chi connectivity index (χ2n) is 6.10. The van der Waals surface area contributed by atoms with Crippen LogP contribution < -0.4 is 0 Å². The highest BCUT2D eigenvalue weighted by Gasteiger charge is 2.21. The lowest BCUT2D eigenvalue weighted by molar-refractivity contribution is 0.0784. The molecule has 0 aromatic carbocycles. The van der Waals surface area contributed by atoms with Gasteiger partial charge >= 0.3 is 0 Å². The van der Waals surface area contributed by atoms with E-state index in [-0.39, 0.29) is 5.91 Å². The average molecular weight is 327 g/mol. The van der Waals surface area contributed by atoms with Crippen LogP contribution in [0.5, 0.6) is 0 Å². The highest BCUT2D eigenvalue weighted by Crippen LogP contribution is 2.22. The molecule has 0 unspecified atom stereocenters. The predicted molar refractivity (Wildman–Crippen MR) is 89.0 cm³/mol. The average Bonchev–Trinajstić information content (AvgIpc) is 3.19. The molecule has 0 N–H and O–H groups in total. The molecular weight excluding hydrogens is 306 g/mol. The molecule has 0 aliphatic heterocycles. The highest BCUT2D eigenvalue weighted by atomic mass is 16.5. The molecule has 0 saturated carbocycles. The van der Waals surface area contributed by atoms with Gasteiger partial charge < -0.3 is 9.42 Å². The van der Waals surface area contributed by atoms with Gasteiger partial charge in [-0.25, -0.2) is 0 Å². The van der Waals surface area contributed by atoms with Crippen molar-refractivity contribution >= 4 is 5.91 Å². The van der Waals surface area contributed by atoms with Crippen molar-refractivity contribution in [1.82, 2.24) is 24.4 Å². The Bertz CT molecular complexity index is 887. The summed E-state index contributed by atoms with van der Waals surface area (Å²) in [4.78, 5) is 14.5. The van der Waals surface area contributed by atoms with Crippen molar-refractivity contribution < 1.29 is 9.32 Å². The van der Waals surface area contributed by atoms with Gasteiger partial charge in [0.1, 0.15) is 5.76 Å². The van der Waals surface area contributed by atoms with Gasteiger partial charge in [0.05, 0.1) is 11.8 Å². The van der Waals surface area contributed by atoms with Crippen molar-refractivity contribution in [3.8, 4) is 5.82 Å². The zero-order valence-corrected chi connectivity index (χ0v) is 14.6. The third-order valence-electron chi connectivity index (χ3n) is 4.03. The first-order chi connectivity index (χ1) is 11.4. The largest absolute Gasteiger partial charge is 0.360 e. The fourth-order valence-electron chi connectivity index (χ4n) is 2.90. The lowest BCUT2D eigenvalue weighted by Crippen LogP contribution is -2.26. The number of carbonyl (C=O) groups is 1. The molecular formula is C17H21N5O2. The monoisotopic (exact) mass is 327 g/mol. The Balaban J connectivity index is 1.87. The molecule has 7 nitrogen and oxygen atoms in total. The van der Waals surface area contributed by atoms with Gasteiger partial charge in [0.15, 0.2) is 5.82 Å². The number of hydrogen-bond donors (Lipinski definition) is 0. The second-order valence-corrected chi connectivity index (χ2v) is 6.10. The fraction of sp³-hybridized carbons (Fsp3) is 0.353. The van der Waals surface area contributed by atoms with Gasteiger partial charge in [0.25, 0.3) is 5.91 Å². The van der Waals surface area contributed by atoms with E-state index in [4.69, 9.17) is 4.52 Å². The molecule has 0 bridgehead atoms. The minimum absolute atomic E-state index is 0.0292. The van der Waals surface area contributed by atoms with Crippen molar-refractivity contribution in [2.75, 3.05) is 7.05 Å². The van der Waals surface area contributed by atoms with Crippen molar-refractivity contribution in [2.45, 2.75) is 27.3 Å². The van der Waals surface area contributed by atoms with E-state index < -0.39 is 0 Å². The minimum Gasteiger partial charge on any atom is -0.360 e. The molecule has 0 radical (unpaired) electrons. The number of aryl methyl sites for hydroxylation is 3. The van der Waals surface area contributed by atoms with Crippen LogP contribution in [0.2, 0.25) is 0 Å². The quantitative estimate of drug-likeness (QED) is 0.738. The molecule has 0 aliphatic carbocycles. The molecule has 0 aliphatic rings. The highest BCUT2D eigenvalue weighted by molar-refractivity contribution is 5.95. The van der Waals surface area contributed by atoms with Gasteiger partial charge in [0.2, 0.25) is 0 Å². The Labute approximate surface area is 140 Å². The molecule has 24 heavy (non-hydrogen) atoms. The molecule has 3 aromatic rings. The predicted octanol–water partition coefficient (Wildman–Crippen LogP) is 2.40. The van der Waals surface area contributed by atoms with Crippen LogP contribution in [-0.4, -0.2) is 37.4 Å². The Kier molecular flexibility index (Phi) is 4.01. The molecule has 3 aromatic heterocycles. The lowest BCUT2D eigenvalue weighted by atomic mass is 10.2. The van der Waals surface area contributed by atoms with E-state index in [9.17, 15) is 4.79 Å². The number of amides is 1. The lowest BCUT2D eigenvalue weighted by Gasteiger charge is -2.16. The van der Waals surface area contributed by atoms with Crippen LogP contribution in [0.3, 0.4) is 0 Å². The zero-order chi connectivity index (χ0) is 17.4. The molecule has 0 saturated heterocycles. The third kappa shape index (κ3) is 2.84. The van der Waals surface area contributed by atoms with Crippen LogP contribution in [0.4, 0.5) is 0 Å².